The number of nitrogens with one attached hydrogen (secondary N) is 3. The smallest absolute Gasteiger partial charge is 0.408 e. The van der Waals surface area contributed by atoms with Crippen LogP contribution in [0.4, 0.5) is 4.79 Å². The van der Waals surface area contributed by atoms with E-state index in [-0.39, 0.29) is 30.9 Å². The number of ether oxygens (including phenoxy) is 1. The van der Waals surface area contributed by atoms with Crippen molar-refractivity contribution < 1.29 is 29.0 Å². The number of alkyl carbamates (subject to hydrolysis) is 1. The number of aliphatic carboxylic acids is 1. The van der Waals surface area contributed by atoms with Gasteiger partial charge in [-0.3, -0.25) is 19.8 Å². The molecule has 0 unspecified atom stereocenters. The lowest BCUT2D eigenvalue weighted by Gasteiger charge is -2.33. The molecule has 1 aromatic carbocycles. The van der Waals surface area contributed by atoms with Gasteiger partial charge in [0.2, 0.25) is 11.8 Å². The van der Waals surface area contributed by atoms with Crippen molar-refractivity contribution in [3.63, 3.8) is 0 Å². The molecule has 0 radical (unpaired) electrons. The summed E-state index contributed by atoms with van der Waals surface area (Å²) >= 11 is 0. The highest BCUT2D eigenvalue weighted by Gasteiger charge is 2.38. The number of amides is 3. The topological polar surface area (TPSA) is 178 Å². The first kappa shape index (κ1) is 26.8. The van der Waals surface area contributed by atoms with Crippen LogP contribution >= 0.6 is 0 Å². The summed E-state index contributed by atoms with van der Waals surface area (Å²) in [6, 6.07) is 7.50. The van der Waals surface area contributed by atoms with Crippen LogP contribution in [-0.2, 0) is 25.7 Å². The molecule has 1 aliphatic carbocycles. The third kappa shape index (κ3) is 8.43. The fourth-order valence-electron chi connectivity index (χ4n) is 4.19. The third-order valence-electron chi connectivity index (χ3n) is 6.22. The van der Waals surface area contributed by atoms with E-state index in [1.165, 1.54) is 4.90 Å². The van der Waals surface area contributed by atoms with Gasteiger partial charge in [-0.15, -0.1) is 0 Å². The quantitative estimate of drug-likeness (QED) is 0.214. The summed E-state index contributed by atoms with van der Waals surface area (Å²) in [6.45, 7) is 1.06. The second-order valence-corrected chi connectivity index (χ2v) is 9.20. The van der Waals surface area contributed by atoms with Crippen LogP contribution in [0.1, 0.15) is 37.7 Å². The lowest BCUT2D eigenvalue weighted by Crippen LogP contribution is -2.52. The van der Waals surface area contributed by atoms with E-state index in [1.54, 1.807) is 29.2 Å². The van der Waals surface area contributed by atoms with Crippen molar-refractivity contribution >= 4 is 29.8 Å². The highest BCUT2D eigenvalue weighted by molar-refractivity contribution is 5.92. The summed E-state index contributed by atoms with van der Waals surface area (Å²) in [5, 5.41) is 22.1. The van der Waals surface area contributed by atoms with Gasteiger partial charge in [-0.25, -0.2) is 4.79 Å². The number of carbonyl (C=O) groups is 4. The summed E-state index contributed by atoms with van der Waals surface area (Å²) in [7, 11) is 0. The Morgan fingerprint density at radius 2 is 1.92 bits per heavy atom. The molecule has 36 heavy (non-hydrogen) atoms. The average Bonchev–Trinajstić information content (AvgIpc) is 3.70. The van der Waals surface area contributed by atoms with Gasteiger partial charge < -0.3 is 36.0 Å². The minimum Gasteiger partial charge on any atom is -0.480 e. The fourth-order valence-corrected chi connectivity index (χ4v) is 4.19. The van der Waals surface area contributed by atoms with Gasteiger partial charge in [-0.05, 0) is 37.2 Å². The molecule has 3 rings (SSSR count). The molecule has 2 atom stereocenters. The van der Waals surface area contributed by atoms with Crippen molar-refractivity contribution in [2.45, 2.75) is 50.8 Å². The highest BCUT2D eigenvalue weighted by Crippen LogP contribution is 2.27. The monoisotopic (exact) mass is 502 g/mol. The van der Waals surface area contributed by atoms with Gasteiger partial charge in [-0.1, -0.05) is 30.3 Å². The molecule has 6 N–H and O–H groups in total. The van der Waals surface area contributed by atoms with E-state index in [0.29, 0.717) is 32.5 Å². The summed E-state index contributed by atoms with van der Waals surface area (Å²) in [4.78, 5) is 52.6. The Hall–Kier alpha value is -3.83. The molecule has 12 heteroatoms. The van der Waals surface area contributed by atoms with E-state index in [1.807, 2.05) is 6.07 Å². The van der Waals surface area contributed by atoms with Crippen LogP contribution in [0.2, 0.25) is 0 Å². The fraction of sp³-hybridized carbons (Fsp3) is 0.542. The summed E-state index contributed by atoms with van der Waals surface area (Å²) < 4.78 is 5.21. The lowest BCUT2D eigenvalue weighted by molar-refractivity contribution is -0.146. The molecule has 1 saturated carbocycles. The van der Waals surface area contributed by atoms with E-state index in [0.717, 1.165) is 18.4 Å². The van der Waals surface area contributed by atoms with Gasteiger partial charge in [0.15, 0.2) is 5.96 Å². The Bertz CT molecular complexity index is 954. The minimum absolute atomic E-state index is 0.00602. The molecular weight excluding hydrogens is 468 g/mol. The van der Waals surface area contributed by atoms with E-state index in [2.05, 4.69) is 10.6 Å². The molecular formula is C24H34N6O6. The molecule has 1 aliphatic heterocycles. The molecule has 0 aromatic heterocycles. The van der Waals surface area contributed by atoms with Crippen molar-refractivity contribution in [1.29, 1.82) is 5.41 Å². The maximum absolute atomic E-state index is 13.2. The zero-order valence-corrected chi connectivity index (χ0v) is 20.2. The Kier molecular flexibility index (Phi) is 9.48. The summed E-state index contributed by atoms with van der Waals surface area (Å²) in [6.07, 6.45) is 1.83. The van der Waals surface area contributed by atoms with Gasteiger partial charge in [0, 0.05) is 25.7 Å². The lowest BCUT2D eigenvalue weighted by atomic mass is 9.98. The first-order chi connectivity index (χ1) is 17.2. The Morgan fingerprint density at radius 3 is 2.56 bits per heavy atom. The standard InChI is InChI=1S/C24H34N6O6/c25-23(26)29-10-4-7-17(13-29)12-27-20(31)11-19(22(34)30(14-21(32)33)18-8-9-18)28-24(35)36-15-16-5-2-1-3-6-16/h1-3,5-6,17-19H,4,7-15H2,(H3,25,26)(H,27,31)(H,28,35)(H,32,33)/t17-,19-/m0/s1. The SMILES string of the molecule is N=C(N)N1CCC[C@@H](CNC(=O)C[C@H](NC(=O)OCc2ccccc2)C(=O)N(CC(=O)O)C2CC2)C1. The van der Waals surface area contributed by atoms with Gasteiger partial charge in [-0.2, -0.15) is 0 Å². The predicted octanol–water partition coefficient (Wildman–Crippen LogP) is 0.469. The van der Waals surface area contributed by atoms with Crippen molar-refractivity contribution in [3.05, 3.63) is 35.9 Å². The van der Waals surface area contributed by atoms with Crippen LogP contribution in [0.15, 0.2) is 30.3 Å². The largest absolute Gasteiger partial charge is 0.480 e. The van der Waals surface area contributed by atoms with Crippen LogP contribution in [0, 0.1) is 11.3 Å². The van der Waals surface area contributed by atoms with Crippen LogP contribution in [0.5, 0.6) is 0 Å². The van der Waals surface area contributed by atoms with E-state index in [9.17, 15) is 24.3 Å². The number of carboxylic acids is 1. The van der Waals surface area contributed by atoms with Crippen LogP contribution in [0.3, 0.4) is 0 Å². The molecule has 12 nitrogen and oxygen atoms in total. The van der Waals surface area contributed by atoms with Crippen LogP contribution in [-0.4, -0.2) is 83.0 Å². The normalized spacial score (nSPS) is 18.0. The average molecular weight is 503 g/mol. The molecule has 2 fully saturated rings. The van der Waals surface area contributed by atoms with Crippen molar-refractivity contribution in [2.24, 2.45) is 11.7 Å². The maximum Gasteiger partial charge on any atom is 0.408 e. The first-order valence-corrected chi connectivity index (χ1v) is 12.1. The Balaban J connectivity index is 1.60. The van der Waals surface area contributed by atoms with Crippen molar-refractivity contribution in [1.82, 2.24) is 20.4 Å². The summed E-state index contributed by atoms with van der Waals surface area (Å²) in [5.74, 6) is -2.17. The molecule has 0 spiro atoms. The molecule has 196 valence electrons. The zero-order chi connectivity index (χ0) is 26.1. The molecule has 1 aromatic rings. The highest BCUT2D eigenvalue weighted by atomic mass is 16.5. The predicted molar refractivity (Wildman–Crippen MR) is 130 cm³/mol. The number of hydrogen-bond donors (Lipinski definition) is 5. The van der Waals surface area contributed by atoms with Crippen molar-refractivity contribution in [3.8, 4) is 0 Å². The Labute approximate surface area is 209 Å². The first-order valence-electron chi connectivity index (χ1n) is 12.1. The molecule has 0 bridgehead atoms. The molecule has 1 heterocycles. The number of nitrogens with zero attached hydrogens (tertiary/aromatic N) is 2. The number of benzene rings is 1. The van der Waals surface area contributed by atoms with Gasteiger partial charge in [0.1, 0.15) is 19.2 Å². The van der Waals surface area contributed by atoms with E-state index >= 15 is 0 Å². The second kappa shape index (κ2) is 12.8. The van der Waals surface area contributed by atoms with Crippen LogP contribution < -0.4 is 16.4 Å². The van der Waals surface area contributed by atoms with Gasteiger partial charge >= 0.3 is 12.1 Å². The van der Waals surface area contributed by atoms with Gasteiger partial charge in [0.25, 0.3) is 0 Å². The van der Waals surface area contributed by atoms with Crippen LogP contribution in [0.25, 0.3) is 0 Å². The maximum atomic E-state index is 13.2. The van der Waals surface area contributed by atoms with E-state index in [4.69, 9.17) is 15.9 Å². The number of carboxylic acid groups (broad SMARTS) is 1. The van der Waals surface area contributed by atoms with Crippen molar-refractivity contribution in [2.75, 3.05) is 26.2 Å². The number of piperidine rings is 1. The zero-order valence-electron chi connectivity index (χ0n) is 20.2. The molecule has 3 amide bonds. The second-order valence-electron chi connectivity index (χ2n) is 9.20. The Morgan fingerprint density at radius 1 is 1.19 bits per heavy atom. The summed E-state index contributed by atoms with van der Waals surface area (Å²) in [5.41, 5.74) is 6.33. The number of guanidine groups is 1. The number of nitrogens with two attached hydrogens (primary N) is 1. The third-order valence-corrected chi connectivity index (χ3v) is 6.22. The van der Waals surface area contributed by atoms with Gasteiger partial charge in [0.05, 0.1) is 6.42 Å². The number of hydrogen-bond acceptors (Lipinski definition) is 6. The molecule has 2 aliphatic rings. The number of likely N-dealkylation sites (tertiary alicyclic amines) is 1. The molecule has 1 saturated heterocycles. The minimum atomic E-state index is -1.27. The van der Waals surface area contributed by atoms with E-state index < -0.39 is 36.5 Å². The number of carbonyl (C=O) groups excluding carboxylic acids is 3. The number of rotatable bonds is 11.